The summed E-state index contributed by atoms with van der Waals surface area (Å²) in [5.74, 6) is 0.655. The minimum absolute atomic E-state index is 0.0186. The van der Waals surface area contributed by atoms with Crippen molar-refractivity contribution in [2.75, 3.05) is 36.2 Å². The van der Waals surface area contributed by atoms with Gasteiger partial charge >= 0.3 is 0 Å². The maximum atomic E-state index is 15.7. The van der Waals surface area contributed by atoms with E-state index < -0.39 is 15.8 Å². The molecule has 198 valence electrons. The molecule has 5 heterocycles. The van der Waals surface area contributed by atoms with E-state index in [1.54, 1.807) is 17.3 Å². The number of rotatable bonds is 7. The molecule has 2 N–H and O–H groups in total. The monoisotopic (exact) mass is 521 g/mol. The van der Waals surface area contributed by atoms with E-state index >= 15 is 4.39 Å². The molecular formula is C24H36FN7O3S. The molecule has 0 aliphatic carbocycles. The van der Waals surface area contributed by atoms with Gasteiger partial charge in [-0.1, -0.05) is 6.42 Å². The summed E-state index contributed by atoms with van der Waals surface area (Å²) >= 11 is 0. The van der Waals surface area contributed by atoms with Crippen LogP contribution in [-0.2, 0) is 14.8 Å². The zero-order valence-corrected chi connectivity index (χ0v) is 22.0. The molecule has 0 aromatic carbocycles. The van der Waals surface area contributed by atoms with Crippen LogP contribution in [0.1, 0.15) is 69.2 Å². The van der Waals surface area contributed by atoms with Crippen molar-refractivity contribution < 1.29 is 17.5 Å². The van der Waals surface area contributed by atoms with Crippen LogP contribution >= 0.6 is 0 Å². The number of nitrogens with zero attached hydrogens (tertiary/aromatic N) is 5. The lowest BCUT2D eigenvalue weighted by Crippen LogP contribution is -2.58. The Morgan fingerprint density at radius 1 is 1.19 bits per heavy atom. The highest BCUT2D eigenvalue weighted by Crippen LogP contribution is 2.39. The Kier molecular flexibility index (Phi) is 7.19. The average Bonchev–Trinajstić information content (AvgIpc) is 3.28. The Bertz CT molecular complexity index is 1170. The highest BCUT2D eigenvalue weighted by Gasteiger charge is 2.45. The normalized spacial score (nSPS) is 25.6. The molecule has 0 radical (unpaired) electrons. The number of anilines is 3. The van der Waals surface area contributed by atoms with Crippen LogP contribution in [0.2, 0.25) is 0 Å². The van der Waals surface area contributed by atoms with Crippen molar-refractivity contribution in [1.82, 2.24) is 24.5 Å². The minimum atomic E-state index is -3.26. The Morgan fingerprint density at radius 3 is 2.50 bits per heavy atom. The number of piperidine rings is 2. The van der Waals surface area contributed by atoms with E-state index in [1.165, 1.54) is 0 Å². The predicted octanol–water partition coefficient (Wildman–Crippen LogP) is 3.46. The summed E-state index contributed by atoms with van der Waals surface area (Å²) in [6.45, 7) is 4.74. The number of halogens is 1. The van der Waals surface area contributed by atoms with E-state index in [0.717, 1.165) is 25.0 Å². The maximum Gasteiger partial charge on any atom is 0.227 e. The van der Waals surface area contributed by atoms with Gasteiger partial charge in [0.05, 0.1) is 11.4 Å². The van der Waals surface area contributed by atoms with Crippen LogP contribution in [0, 0.1) is 12.7 Å². The molecule has 0 amide bonds. The first kappa shape index (κ1) is 25.3. The molecule has 36 heavy (non-hydrogen) atoms. The lowest BCUT2D eigenvalue weighted by Gasteiger charge is -2.49. The fourth-order valence-corrected chi connectivity index (χ4v) is 7.52. The van der Waals surface area contributed by atoms with Gasteiger partial charge in [-0.15, -0.1) is 0 Å². The predicted molar refractivity (Wildman–Crippen MR) is 136 cm³/mol. The first-order valence-electron chi connectivity index (χ1n) is 12.9. The zero-order chi connectivity index (χ0) is 25.4. The average molecular weight is 522 g/mol. The number of nitrogens with one attached hydrogen (secondary N) is 2. The number of hydrogen-bond acceptors (Lipinski definition) is 8. The number of fused-ring (bicyclic) bond motifs is 2. The second kappa shape index (κ2) is 10.2. The van der Waals surface area contributed by atoms with Crippen LogP contribution in [0.5, 0.6) is 0 Å². The molecule has 10 nitrogen and oxygen atoms in total. The smallest absolute Gasteiger partial charge is 0.227 e. The summed E-state index contributed by atoms with van der Waals surface area (Å²) in [5, 5.41) is 10.1. The minimum Gasteiger partial charge on any atom is -0.381 e. The van der Waals surface area contributed by atoms with Gasteiger partial charge in [0.25, 0.3) is 0 Å². The maximum absolute atomic E-state index is 15.7. The lowest BCUT2D eigenvalue weighted by molar-refractivity contribution is 0.0836. The summed E-state index contributed by atoms with van der Waals surface area (Å²) < 4.78 is 48.6. The third-order valence-electron chi connectivity index (χ3n) is 7.86. The number of aryl methyl sites for hydroxylation is 1. The van der Waals surface area contributed by atoms with E-state index in [0.29, 0.717) is 56.4 Å². The highest BCUT2D eigenvalue weighted by molar-refractivity contribution is 7.89. The molecule has 5 rings (SSSR count). The van der Waals surface area contributed by atoms with Crippen LogP contribution in [0.3, 0.4) is 0 Å². The van der Waals surface area contributed by atoms with Gasteiger partial charge in [-0.2, -0.15) is 14.4 Å². The molecule has 3 aliphatic rings. The second-order valence-electron chi connectivity index (χ2n) is 10.2. The van der Waals surface area contributed by atoms with Crippen molar-refractivity contribution in [2.24, 2.45) is 0 Å². The van der Waals surface area contributed by atoms with E-state index in [4.69, 9.17) is 9.72 Å². The van der Waals surface area contributed by atoms with Gasteiger partial charge in [0.1, 0.15) is 0 Å². The van der Waals surface area contributed by atoms with Crippen molar-refractivity contribution in [3.8, 4) is 0 Å². The SMILES string of the molecule is CCS(=O)(=O)N1[C@@H]2CCC[C@H]1CC(N(C)c1nc(Nc3cc(C)[nH]n3)c(F)c(C3CCOCC3)n1)C2. The van der Waals surface area contributed by atoms with Gasteiger partial charge in [0, 0.05) is 56.1 Å². The summed E-state index contributed by atoms with van der Waals surface area (Å²) in [5.41, 5.74) is 1.25. The van der Waals surface area contributed by atoms with Crippen molar-refractivity contribution >= 4 is 27.6 Å². The number of H-pyrrole nitrogens is 1. The molecule has 2 aromatic rings. The van der Waals surface area contributed by atoms with E-state index in [2.05, 4.69) is 20.5 Å². The van der Waals surface area contributed by atoms with Crippen molar-refractivity contribution in [3.63, 3.8) is 0 Å². The molecule has 3 atom stereocenters. The lowest BCUT2D eigenvalue weighted by atomic mass is 9.83. The van der Waals surface area contributed by atoms with Gasteiger partial charge in [-0.3, -0.25) is 5.10 Å². The van der Waals surface area contributed by atoms with Crippen LogP contribution < -0.4 is 10.2 Å². The number of ether oxygens (including phenoxy) is 1. The molecule has 2 aromatic heterocycles. The fraction of sp³-hybridized carbons (Fsp3) is 0.708. The van der Waals surface area contributed by atoms with Gasteiger partial charge < -0.3 is 15.0 Å². The fourth-order valence-electron chi connectivity index (χ4n) is 5.93. The van der Waals surface area contributed by atoms with Crippen LogP contribution in [0.25, 0.3) is 0 Å². The van der Waals surface area contributed by atoms with Crippen LogP contribution in [0.15, 0.2) is 6.07 Å². The number of hydrogen-bond donors (Lipinski definition) is 2. The molecule has 0 spiro atoms. The van der Waals surface area contributed by atoms with Crippen LogP contribution in [0.4, 0.5) is 22.0 Å². The summed E-state index contributed by atoms with van der Waals surface area (Å²) in [6, 6.07) is 1.83. The van der Waals surface area contributed by atoms with Crippen LogP contribution in [-0.4, -0.2) is 77.0 Å². The second-order valence-corrected chi connectivity index (χ2v) is 12.4. The Hall–Kier alpha value is -2.31. The molecular weight excluding hydrogens is 485 g/mol. The molecule has 3 saturated heterocycles. The van der Waals surface area contributed by atoms with Crippen molar-refractivity contribution in [2.45, 2.75) is 82.8 Å². The Labute approximate surface area is 212 Å². The zero-order valence-electron chi connectivity index (χ0n) is 21.2. The molecule has 0 saturated carbocycles. The molecule has 12 heteroatoms. The van der Waals surface area contributed by atoms with E-state index in [1.807, 2.05) is 18.9 Å². The summed E-state index contributed by atoms with van der Waals surface area (Å²) in [4.78, 5) is 11.4. The molecule has 3 fully saturated rings. The molecule has 3 aliphatic heterocycles. The van der Waals surface area contributed by atoms with Crippen molar-refractivity contribution in [3.05, 3.63) is 23.3 Å². The number of sulfonamides is 1. The van der Waals surface area contributed by atoms with E-state index in [-0.39, 0.29) is 35.6 Å². The third kappa shape index (κ3) is 4.95. The largest absolute Gasteiger partial charge is 0.381 e. The van der Waals surface area contributed by atoms with Gasteiger partial charge in [0.2, 0.25) is 16.0 Å². The standard InChI is InChI=1S/C24H36FN7O3S/c1-4-36(33,34)32-17-6-5-7-18(32)14-19(13-17)31(3)24-27-22(16-8-10-35-11-9-16)21(25)23(28-24)26-20-12-15(2)29-30-20/h12,16-19H,4-11,13-14H2,1-3H3,(H2,26,27,28,29,30)/t17-,18+,19?. The molecule has 2 bridgehead atoms. The van der Waals surface area contributed by atoms with Gasteiger partial charge in [0.15, 0.2) is 17.5 Å². The quantitative estimate of drug-likeness (QED) is 0.569. The van der Waals surface area contributed by atoms with Crippen molar-refractivity contribution in [1.29, 1.82) is 0 Å². The first-order valence-corrected chi connectivity index (χ1v) is 14.6. The Morgan fingerprint density at radius 2 is 1.89 bits per heavy atom. The number of aromatic nitrogens is 4. The summed E-state index contributed by atoms with van der Waals surface area (Å²) in [6.07, 6.45) is 5.60. The van der Waals surface area contributed by atoms with Gasteiger partial charge in [-0.25, -0.2) is 17.8 Å². The molecule has 1 unspecified atom stereocenters. The Balaban J connectivity index is 1.46. The topological polar surface area (TPSA) is 116 Å². The third-order valence-corrected chi connectivity index (χ3v) is 9.83. The number of aromatic amines is 1. The van der Waals surface area contributed by atoms with Gasteiger partial charge in [-0.05, 0) is 52.4 Å². The van der Waals surface area contributed by atoms with E-state index in [9.17, 15) is 8.42 Å². The first-order chi connectivity index (χ1) is 17.3. The summed E-state index contributed by atoms with van der Waals surface area (Å²) in [7, 11) is -1.32. The highest BCUT2D eigenvalue weighted by atomic mass is 32.2.